The number of hydrogen-bond donors (Lipinski definition) is 2. The van der Waals surface area contributed by atoms with Crippen LogP contribution in [0.15, 0.2) is 53.9 Å². The second-order valence-electron chi connectivity index (χ2n) is 10.1. The van der Waals surface area contributed by atoms with E-state index in [1.807, 2.05) is 4.68 Å². The Balaban J connectivity index is 1.20. The van der Waals surface area contributed by atoms with Gasteiger partial charge in [0.05, 0.1) is 15.8 Å². The highest BCUT2D eigenvalue weighted by Gasteiger charge is 2.61. The Morgan fingerprint density at radius 2 is 1.71 bits per heavy atom. The van der Waals surface area contributed by atoms with Crippen molar-refractivity contribution in [3.8, 4) is 0 Å². The van der Waals surface area contributed by atoms with E-state index in [2.05, 4.69) is 30.1 Å². The Bertz CT molecular complexity index is 1360. The van der Waals surface area contributed by atoms with Crippen molar-refractivity contribution in [3.63, 3.8) is 0 Å². The standard InChI is InChI=1S/C23H24ClN7O3S/c24-20-27-14-31(29-20)23-11-15-8-16(12-23)10-22(9-15,13-23)19(32)28-17-2-4-18(5-3-17)35(33,34)30-21-25-6-1-7-26-21/h1-7,14-16H,8-13H2,(H,28,32)(H,25,26,30)/t15-,16-,22?,23?/m1/s1. The molecule has 0 spiro atoms. The molecule has 0 aliphatic heterocycles. The highest BCUT2D eigenvalue weighted by Crippen LogP contribution is 2.64. The first kappa shape index (κ1) is 22.4. The zero-order valence-electron chi connectivity index (χ0n) is 18.8. The number of anilines is 2. The van der Waals surface area contributed by atoms with Crippen LogP contribution in [0.2, 0.25) is 5.28 Å². The molecule has 0 unspecified atom stereocenters. The van der Waals surface area contributed by atoms with Crippen LogP contribution in [-0.4, -0.2) is 39.1 Å². The van der Waals surface area contributed by atoms with Crippen LogP contribution in [0.25, 0.3) is 0 Å². The molecule has 2 aromatic heterocycles. The summed E-state index contributed by atoms with van der Waals surface area (Å²) in [5, 5.41) is 7.68. The molecule has 182 valence electrons. The van der Waals surface area contributed by atoms with Crippen molar-refractivity contribution in [1.29, 1.82) is 0 Å². The second kappa shape index (κ2) is 7.99. The van der Waals surface area contributed by atoms with Crippen molar-refractivity contribution in [2.75, 3.05) is 10.0 Å². The summed E-state index contributed by atoms with van der Waals surface area (Å²) >= 11 is 6.02. The van der Waals surface area contributed by atoms with Crippen molar-refractivity contribution in [1.82, 2.24) is 24.7 Å². The number of nitrogens with zero attached hydrogens (tertiary/aromatic N) is 5. The number of rotatable bonds is 6. The van der Waals surface area contributed by atoms with E-state index >= 15 is 0 Å². The molecule has 0 radical (unpaired) electrons. The average Bonchev–Trinajstić information content (AvgIpc) is 3.26. The van der Waals surface area contributed by atoms with Crippen molar-refractivity contribution in [2.24, 2.45) is 17.3 Å². The summed E-state index contributed by atoms with van der Waals surface area (Å²) < 4.78 is 29.5. The fraction of sp³-hybridized carbons (Fsp3) is 0.435. The van der Waals surface area contributed by atoms with Crippen LogP contribution >= 0.6 is 11.6 Å². The second-order valence-corrected chi connectivity index (χ2v) is 12.1. The molecule has 4 aliphatic rings. The summed E-state index contributed by atoms with van der Waals surface area (Å²) in [4.78, 5) is 25.6. The number of amides is 1. The molecule has 35 heavy (non-hydrogen) atoms. The van der Waals surface area contributed by atoms with Gasteiger partial charge in [0.2, 0.25) is 17.1 Å². The number of benzene rings is 1. The molecule has 4 fully saturated rings. The summed E-state index contributed by atoms with van der Waals surface area (Å²) in [5.74, 6) is 0.899. The average molecular weight is 514 g/mol. The SMILES string of the molecule is O=C(Nc1ccc(S(=O)(=O)Nc2ncccn2)cc1)C12C[C@H]3C[C@H](C1)CC(n1cnc(Cl)n1)(C3)C2. The predicted molar refractivity (Wildman–Crippen MR) is 128 cm³/mol. The van der Waals surface area contributed by atoms with Crippen LogP contribution in [0.3, 0.4) is 0 Å². The van der Waals surface area contributed by atoms with Gasteiger partial charge < -0.3 is 5.32 Å². The molecule has 12 heteroatoms. The quantitative estimate of drug-likeness (QED) is 0.515. The Kier molecular flexibility index (Phi) is 5.12. The van der Waals surface area contributed by atoms with Gasteiger partial charge in [-0.05, 0) is 92.3 Å². The third-order valence-corrected chi connectivity index (χ3v) is 9.19. The fourth-order valence-corrected chi connectivity index (χ4v) is 7.81. The molecule has 1 aromatic carbocycles. The molecule has 3 aromatic rings. The Morgan fingerprint density at radius 1 is 1.03 bits per heavy atom. The summed E-state index contributed by atoms with van der Waals surface area (Å²) in [6.45, 7) is 0. The summed E-state index contributed by atoms with van der Waals surface area (Å²) in [7, 11) is -3.85. The third kappa shape index (κ3) is 3.96. The molecular formula is C23H24ClN7O3S. The van der Waals surface area contributed by atoms with Crippen molar-refractivity contribution in [3.05, 3.63) is 54.3 Å². The minimum absolute atomic E-state index is 0.00528. The Morgan fingerprint density at radius 3 is 2.34 bits per heavy atom. The lowest BCUT2D eigenvalue weighted by molar-refractivity contribution is -0.150. The van der Waals surface area contributed by atoms with Gasteiger partial charge in [0.25, 0.3) is 10.0 Å². The van der Waals surface area contributed by atoms with E-state index in [9.17, 15) is 13.2 Å². The van der Waals surface area contributed by atoms with Gasteiger partial charge >= 0.3 is 0 Å². The molecule has 2 atom stereocenters. The van der Waals surface area contributed by atoms with E-state index in [0.29, 0.717) is 23.9 Å². The molecule has 0 saturated heterocycles. The topological polar surface area (TPSA) is 132 Å². The van der Waals surface area contributed by atoms with E-state index in [4.69, 9.17) is 11.6 Å². The normalized spacial score (nSPS) is 29.2. The number of hydrogen-bond acceptors (Lipinski definition) is 7. The van der Waals surface area contributed by atoms with E-state index in [1.54, 1.807) is 24.5 Å². The van der Waals surface area contributed by atoms with Crippen molar-refractivity contribution >= 4 is 39.2 Å². The number of carbonyl (C=O) groups excluding carboxylic acids is 1. The molecule has 4 saturated carbocycles. The molecule has 2 heterocycles. The lowest BCUT2D eigenvalue weighted by Gasteiger charge is -2.60. The van der Waals surface area contributed by atoms with Gasteiger partial charge in [-0.25, -0.2) is 32.8 Å². The molecular weight excluding hydrogens is 490 g/mol. The predicted octanol–water partition coefficient (Wildman–Crippen LogP) is 3.46. The highest BCUT2D eigenvalue weighted by molar-refractivity contribution is 7.92. The van der Waals surface area contributed by atoms with Gasteiger partial charge in [-0.1, -0.05) is 0 Å². The minimum Gasteiger partial charge on any atom is -0.326 e. The first-order chi connectivity index (χ1) is 16.8. The molecule has 1 amide bonds. The van der Waals surface area contributed by atoms with E-state index < -0.39 is 15.4 Å². The highest BCUT2D eigenvalue weighted by atomic mass is 35.5. The Hall–Kier alpha value is -3.05. The Labute approximate surface area is 207 Å². The lowest BCUT2D eigenvalue weighted by atomic mass is 9.46. The van der Waals surface area contributed by atoms with Crippen LogP contribution in [0.4, 0.5) is 11.6 Å². The summed E-state index contributed by atoms with van der Waals surface area (Å²) in [6.07, 6.45) is 10.1. The largest absolute Gasteiger partial charge is 0.326 e. The zero-order valence-corrected chi connectivity index (χ0v) is 20.3. The maximum absolute atomic E-state index is 13.6. The molecule has 10 nitrogen and oxygen atoms in total. The van der Waals surface area contributed by atoms with Gasteiger partial charge in [-0.15, -0.1) is 5.10 Å². The lowest BCUT2D eigenvalue weighted by Crippen LogP contribution is -2.60. The van der Waals surface area contributed by atoms with Crippen LogP contribution in [0.1, 0.15) is 38.5 Å². The van der Waals surface area contributed by atoms with Crippen LogP contribution in [0.5, 0.6) is 0 Å². The number of halogens is 1. The first-order valence-electron chi connectivity index (χ1n) is 11.5. The van der Waals surface area contributed by atoms with Crippen LogP contribution in [0, 0.1) is 17.3 Å². The molecule has 4 bridgehead atoms. The first-order valence-corrected chi connectivity index (χ1v) is 13.4. The van der Waals surface area contributed by atoms with Crippen molar-refractivity contribution < 1.29 is 13.2 Å². The maximum Gasteiger partial charge on any atom is 0.264 e. The fourth-order valence-electron chi connectivity index (χ4n) is 6.73. The number of aromatic nitrogens is 5. The van der Waals surface area contributed by atoms with E-state index in [-0.39, 0.29) is 27.6 Å². The molecule has 2 N–H and O–H groups in total. The van der Waals surface area contributed by atoms with Gasteiger partial charge in [-0.2, -0.15) is 0 Å². The number of sulfonamides is 1. The van der Waals surface area contributed by atoms with Gasteiger partial charge in [0.15, 0.2) is 0 Å². The molecule has 7 rings (SSSR count). The van der Waals surface area contributed by atoms with Crippen molar-refractivity contribution in [2.45, 2.75) is 49.0 Å². The monoisotopic (exact) mass is 513 g/mol. The van der Waals surface area contributed by atoms with E-state index in [0.717, 1.165) is 32.1 Å². The minimum atomic E-state index is -3.85. The van der Waals surface area contributed by atoms with Gasteiger partial charge in [0.1, 0.15) is 6.33 Å². The summed E-state index contributed by atoms with van der Waals surface area (Å²) in [5.41, 5.74) is -0.164. The van der Waals surface area contributed by atoms with Crippen LogP contribution < -0.4 is 10.0 Å². The van der Waals surface area contributed by atoms with Crippen LogP contribution in [-0.2, 0) is 20.4 Å². The van der Waals surface area contributed by atoms with E-state index in [1.165, 1.54) is 24.5 Å². The van der Waals surface area contributed by atoms with Gasteiger partial charge in [-0.3, -0.25) is 4.79 Å². The van der Waals surface area contributed by atoms with Gasteiger partial charge in [0, 0.05) is 18.1 Å². The summed E-state index contributed by atoms with van der Waals surface area (Å²) in [6, 6.07) is 7.72. The number of carbonyl (C=O) groups is 1. The molecule has 4 aliphatic carbocycles. The number of nitrogens with one attached hydrogen (secondary N) is 2. The third-order valence-electron chi connectivity index (χ3n) is 7.68. The maximum atomic E-state index is 13.6. The smallest absolute Gasteiger partial charge is 0.264 e. The zero-order chi connectivity index (χ0) is 24.3.